The summed E-state index contributed by atoms with van der Waals surface area (Å²) in [6.07, 6.45) is 5.72. The molecule has 3 rings (SSSR count). The van der Waals surface area contributed by atoms with Crippen LogP contribution < -0.4 is 15.5 Å². The smallest absolute Gasteiger partial charge is 0.170 e. The monoisotopic (exact) mass is 349 g/mol. The van der Waals surface area contributed by atoms with Gasteiger partial charge in [0.25, 0.3) is 0 Å². The van der Waals surface area contributed by atoms with Gasteiger partial charge in [-0.05, 0) is 43.6 Å². The first-order valence-corrected chi connectivity index (χ1v) is 9.28. The largest absolute Gasteiger partial charge is 0.379 e. The van der Waals surface area contributed by atoms with E-state index in [2.05, 4.69) is 31.5 Å². The third kappa shape index (κ3) is 5.29. The van der Waals surface area contributed by atoms with Crippen molar-refractivity contribution in [2.75, 3.05) is 62.7 Å². The van der Waals surface area contributed by atoms with Crippen molar-refractivity contribution in [2.24, 2.45) is 0 Å². The van der Waals surface area contributed by atoms with E-state index in [4.69, 9.17) is 17.0 Å². The minimum Gasteiger partial charge on any atom is -0.379 e. The van der Waals surface area contributed by atoms with E-state index in [9.17, 15) is 0 Å². The Morgan fingerprint density at radius 3 is 2.62 bits per heavy atom. The van der Waals surface area contributed by atoms with Gasteiger partial charge in [0.1, 0.15) is 5.82 Å². The lowest BCUT2D eigenvalue weighted by atomic mass is 10.1. The van der Waals surface area contributed by atoms with Gasteiger partial charge in [-0.25, -0.2) is 4.98 Å². The van der Waals surface area contributed by atoms with Crippen LogP contribution in [0.3, 0.4) is 0 Å². The van der Waals surface area contributed by atoms with E-state index in [1.807, 2.05) is 12.3 Å². The molecule has 1 aromatic heterocycles. The molecule has 0 amide bonds. The summed E-state index contributed by atoms with van der Waals surface area (Å²) in [6, 6.07) is 4.12. The van der Waals surface area contributed by atoms with Crippen LogP contribution in [0.25, 0.3) is 0 Å². The number of nitrogens with zero attached hydrogens (tertiary/aromatic N) is 3. The van der Waals surface area contributed by atoms with Crippen molar-refractivity contribution in [1.82, 2.24) is 15.2 Å². The van der Waals surface area contributed by atoms with Gasteiger partial charge in [0.2, 0.25) is 0 Å². The Bertz CT molecular complexity index is 512. The maximum absolute atomic E-state index is 5.36. The first-order chi connectivity index (χ1) is 11.8. The van der Waals surface area contributed by atoms with Crippen molar-refractivity contribution < 1.29 is 4.74 Å². The standard InChI is InChI=1S/C17H27N5OS/c24-17(18-6-9-21-10-12-23-13-11-21)20-15-4-5-16(19-14-15)22-7-2-1-3-8-22/h4-5,14H,1-3,6-13H2,(H2,18,20,24). The number of ether oxygens (including phenoxy) is 1. The normalized spacial score (nSPS) is 19.1. The van der Waals surface area contributed by atoms with Crippen molar-refractivity contribution in [3.63, 3.8) is 0 Å². The number of hydrogen-bond donors (Lipinski definition) is 2. The predicted molar refractivity (Wildman–Crippen MR) is 102 cm³/mol. The second-order valence-corrected chi connectivity index (χ2v) is 6.70. The average Bonchev–Trinajstić information content (AvgIpc) is 2.64. The minimum atomic E-state index is 0.649. The number of anilines is 2. The van der Waals surface area contributed by atoms with Gasteiger partial charge in [-0.3, -0.25) is 4.90 Å². The molecule has 0 aromatic carbocycles. The molecule has 0 aliphatic carbocycles. The average molecular weight is 350 g/mol. The Labute approximate surface area is 149 Å². The lowest BCUT2D eigenvalue weighted by Crippen LogP contribution is -2.42. The van der Waals surface area contributed by atoms with E-state index in [1.165, 1.54) is 19.3 Å². The molecule has 2 saturated heterocycles. The third-order valence-corrected chi connectivity index (χ3v) is 4.75. The summed E-state index contributed by atoms with van der Waals surface area (Å²) in [5.41, 5.74) is 0.930. The minimum absolute atomic E-state index is 0.649. The van der Waals surface area contributed by atoms with Crippen molar-refractivity contribution in [1.29, 1.82) is 0 Å². The Morgan fingerprint density at radius 1 is 1.12 bits per heavy atom. The Balaban J connectivity index is 1.39. The van der Waals surface area contributed by atoms with Crippen LogP contribution in [0.4, 0.5) is 11.5 Å². The van der Waals surface area contributed by atoms with Crippen LogP contribution in [0.15, 0.2) is 18.3 Å². The zero-order valence-corrected chi connectivity index (χ0v) is 15.0. The van der Waals surface area contributed by atoms with E-state index < -0.39 is 0 Å². The highest BCUT2D eigenvalue weighted by atomic mass is 32.1. The third-order valence-electron chi connectivity index (χ3n) is 4.50. The highest BCUT2D eigenvalue weighted by Gasteiger charge is 2.12. The van der Waals surface area contributed by atoms with E-state index in [1.54, 1.807) is 0 Å². The molecular formula is C17H27N5OS. The van der Waals surface area contributed by atoms with Gasteiger partial charge in [-0.1, -0.05) is 0 Å². The van der Waals surface area contributed by atoms with Gasteiger partial charge in [-0.15, -0.1) is 0 Å². The van der Waals surface area contributed by atoms with E-state index >= 15 is 0 Å². The second kappa shape index (κ2) is 9.15. The summed E-state index contributed by atoms with van der Waals surface area (Å²) in [5, 5.41) is 7.11. The molecule has 1 aromatic rings. The summed E-state index contributed by atoms with van der Waals surface area (Å²) in [7, 11) is 0. The zero-order valence-electron chi connectivity index (χ0n) is 14.2. The predicted octanol–water partition coefficient (Wildman–Crippen LogP) is 1.69. The molecule has 24 heavy (non-hydrogen) atoms. The number of pyridine rings is 1. The Morgan fingerprint density at radius 2 is 1.92 bits per heavy atom. The second-order valence-electron chi connectivity index (χ2n) is 6.29. The number of morpholine rings is 1. The Kier molecular flexibility index (Phi) is 6.63. The molecule has 132 valence electrons. The lowest BCUT2D eigenvalue weighted by Gasteiger charge is -2.27. The van der Waals surface area contributed by atoms with Crippen LogP contribution in [0.2, 0.25) is 0 Å². The molecule has 0 saturated carbocycles. The first kappa shape index (κ1) is 17.4. The molecule has 2 fully saturated rings. The molecule has 2 N–H and O–H groups in total. The summed E-state index contributed by atoms with van der Waals surface area (Å²) >= 11 is 5.36. The van der Waals surface area contributed by atoms with E-state index in [-0.39, 0.29) is 0 Å². The van der Waals surface area contributed by atoms with Crippen molar-refractivity contribution in [3.8, 4) is 0 Å². The highest BCUT2D eigenvalue weighted by molar-refractivity contribution is 7.80. The quantitative estimate of drug-likeness (QED) is 0.785. The molecule has 6 nitrogen and oxygen atoms in total. The molecule has 7 heteroatoms. The Hall–Kier alpha value is -1.44. The topological polar surface area (TPSA) is 52.7 Å². The maximum Gasteiger partial charge on any atom is 0.170 e. The van der Waals surface area contributed by atoms with Crippen molar-refractivity contribution in [2.45, 2.75) is 19.3 Å². The molecule has 0 unspecified atom stereocenters. The van der Waals surface area contributed by atoms with Gasteiger partial charge >= 0.3 is 0 Å². The van der Waals surface area contributed by atoms with Gasteiger partial charge in [0, 0.05) is 39.3 Å². The summed E-state index contributed by atoms with van der Waals surface area (Å²) in [6.45, 7) is 7.72. The number of thiocarbonyl (C=S) groups is 1. The molecule has 0 bridgehead atoms. The fourth-order valence-electron chi connectivity index (χ4n) is 3.10. The van der Waals surface area contributed by atoms with Crippen LogP contribution >= 0.6 is 12.2 Å². The lowest BCUT2D eigenvalue weighted by molar-refractivity contribution is 0.0389. The summed E-state index contributed by atoms with van der Waals surface area (Å²) in [4.78, 5) is 9.30. The maximum atomic E-state index is 5.36. The molecule has 2 aliphatic rings. The van der Waals surface area contributed by atoms with Crippen molar-refractivity contribution >= 4 is 28.8 Å². The molecule has 0 radical (unpaired) electrons. The van der Waals surface area contributed by atoms with E-state index in [0.717, 1.165) is 64.0 Å². The molecule has 0 atom stereocenters. The van der Waals surface area contributed by atoms with Crippen LogP contribution in [-0.4, -0.2) is 67.5 Å². The summed E-state index contributed by atoms with van der Waals surface area (Å²) in [5.74, 6) is 1.06. The number of rotatable bonds is 5. The number of hydrogen-bond acceptors (Lipinski definition) is 5. The first-order valence-electron chi connectivity index (χ1n) is 8.87. The zero-order chi connectivity index (χ0) is 16.6. The number of piperidine rings is 1. The van der Waals surface area contributed by atoms with Gasteiger partial charge in [0.15, 0.2) is 5.11 Å². The van der Waals surface area contributed by atoms with Crippen LogP contribution in [0.5, 0.6) is 0 Å². The van der Waals surface area contributed by atoms with Gasteiger partial charge in [0.05, 0.1) is 25.1 Å². The molecular weight excluding hydrogens is 322 g/mol. The van der Waals surface area contributed by atoms with Crippen LogP contribution in [0.1, 0.15) is 19.3 Å². The molecule has 0 spiro atoms. The fourth-order valence-corrected chi connectivity index (χ4v) is 3.32. The van der Waals surface area contributed by atoms with Crippen LogP contribution in [0, 0.1) is 0 Å². The SMILES string of the molecule is S=C(NCCN1CCOCC1)Nc1ccc(N2CCCCC2)nc1. The van der Waals surface area contributed by atoms with Gasteiger partial charge in [-0.2, -0.15) is 0 Å². The van der Waals surface area contributed by atoms with Crippen LogP contribution in [-0.2, 0) is 4.74 Å². The van der Waals surface area contributed by atoms with Crippen molar-refractivity contribution in [3.05, 3.63) is 18.3 Å². The summed E-state index contributed by atoms with van der Waals surface area (Å²) < 4.78 is 5.35. The van der Waals surface area contributed by atoms with E-state index in [0.29, 0.717) is 5.11 Å². The number of nitrogens with one attached hydrogen (secondary N) is 2. The number of aromatic nitrogens is 1. The highest BCUT2D eigenvalue weighted by Crippen LogP contribution is 2.18. The van der Waals surface area contributed by atoms with Gasteiger partial charge < -0.3 is 20.3 Å². The fraction of sp³-hybridized carbons (Fsp3) is 0.647. The molecule has 2 aliphatic heterocycles. The molecule has 3 heterocycles.